The number of benzene rings is 1. The van der Waals surface area contributed by atoms with Gasteiger partial charge in [0.15, 0.2) is 11.5 Å². The minimum absolute atomic E-state index is 0.161. The highest BCUT2D eigenvalue weighted by molar-refractivity contribution is 6.42. The molecule has 0 saturated carbocycles. The molecule has 0 spiro atoms. The number of nitrogens with zero attached hydrogens (tertiary/aromatic N) is 3. The Balaban J connectivity index is 1.70. The van der Waals surface area contributed by atoms with E-state index in [0.29, 0.717) is 16.6 Å². The number of carbonyl (C=O) groups is 1. The largest absolute Gasteiger partial charge is 0.504 e. The average Bonchev–Trinajstić information content (AvgIpc) is 3.30. The molecule has 0 aliphatic rings. The van der Waals surface area contributed by atoms with Gasteiger partial charge < -0.3 is 15.3 Å². The predicted molar refractivity (Wildman–Crippen MR) is 103 cm³/mol. The maximum atomic E-state index is 12.2. The van der Waals surface area contributed by atoms with E-state index in [4.69, 9.17) is 33.4 Å². The van der Waals surface area contributed by atoms with Crippen LogP contribution < -0.4 is 5.73 Å². The highest BCUT2D eigenvalue weighted by Gasteiger charge is 2.10. The van der Waals surface area contributed by atoms with Crippen LogP contribution in [0, 0.1) is 0 Å². The van der Waals surface area contributed by atoms with Gasteiger partial charge in [0, 0.05) is 12.3 Å². The van der Waals surface area contributed by atoms with Crippen molar-refractivity contribution in [2.75, 3.05) is 0 Å². The molecule has 2 heterocycles. The highest BCUT2D eigenvalue weighted by Crippen LogP contribution is 2.23. The first-order chi connectivity index (χ1) is 12.9. The molecular formula is C18H14Cl2N4O3. The summed E-state index contributed by atoms with van der Waals surface area (Å²) in [4.78, 5) is 15.9. The Morgan fingerprint density at radius 2 is 2.15 bits per heavy atom. The first kappa shape index (κ1) is 18.8. The van der Waals surface area contributed by atoms with Crippen LogP contribution in [-0.2, 0) is 6.54 Å². The van der Waals surface area contributed by atoms with Crippen LogP contribution >= 0.6 is 23.2 Å². The van der Waals surface area contributed by atoms with Crippen LogP contribution in [-0.4, -0.2) is 26.6 Å². The number of amidine groups is 1. The number of halogens is 2. The van der Waals surface area contributed by atoms with E-state index in [2.05, 4.69) is 10.1 Å². The van der Waals surface area contributed by atoms with Gasteiger partial charge in [-0.2, -0.15) is 10.1 Å². The summed E-state index contributed by atoms with van der Waals surface area (Å²) in [6.45, 7) is 0.405. The van der Waals surface area contributed by atoms with Crippen molar-refractivity contribution in [2.45, 2.75) is 6.54 Å². The van der Waals surface area contributed by atoms with Crippen LogP contribution in [0.5, 0.6) is 0 Å². The molecule has 3 rings (SSSR count). The van der Waals surface area contributed by atoms with Crippen LogP contribution in [0.25, 0.3) is 5.76 Å². The fraction of sp³-hybridized carbons (Fsp3) is 0.0556. The number of aromatic nitrogens is 2. The van der Waals surface area contributed by atoms with E-state index in [1.165, 1.54) is 18.7 Å². The summed E-state index contributed by atoms with van der Waals surface area (Å²) >= 11 is 11.9. The molecule has 7 nitrogen and oxygen atoms in total. The predicted octanol–water partition coefficient (Wildman–Crippen LogP) is 3.93. The number of hydrogen-bond acceptors (Lipinski definition) is 4. The average molecular weight is 405 g/mol. The van der Waals surface area contributed by atoms with Crippen molar-refractivity contribution in [3.05, 3.63) is 82.0 Å². The van der Waals surface area contributed by atoms with Crippen molar-refractivity contribution in [3.8, 4) is 0 Å². The van der Waals surface area contributed by atoms with E-state index in [0.717, 1.165) is 11.6 Å². The Labute approximate surface area is 164 Å². The lowest BCUT2D eigenvalue weighted by molar-refractivity contribution is 0.100. The van der Waals surface area contributed by atoms with E-state index in [1.807, 2.05) is 6.07 Å². The number of hydrogen-bond donors (Lipinski definition) is 2. The van der Waals surface area contributed by atoms with Crippen molar-refractivity contribution in [1.29, 1.82) is 0 Å². The first-order valence-electron chi connectivity index (χ1n) is 7.72. The van der Waals surface area contributed by atoms with E-state index in [-0.39, 0.29) is 22.9 Å². The summed E-state index contributed by atoms with van der Waals surface area (Å²) in [7, 11) is 0. The summed E-state index contributed by atoms with van der Waals surface area (Å²) < 4.78 is 6.58. The second-order valence-electron chi connectivity index (χ2n) is 5.52. The molecule has 1 amide bonds. The monoisotopic (exact) mass is 404 g/mol. The fourth-order valence-corrected chi connectivity index (χ4v) is 2.56. The van der Waals surface area contributed by atoms with Crippen molar-refractivity contribution < 1.29 is 14.3 Å². The summed E-state index contributed by atoms with van der Waals surface area (Å²) in [6.07, 6.45) is 5.46. The Hall–Kier alpha value is -3.03. The Bertz CT molecular complexity index is 1020. The van der Waals surface area contributed by atoms with Gasteiger partial charge in [0.2, 0.25) is 0 Å². The lowest BCUT2D eigenvalue weighted by Gasteiger charge is -2.03. The van der Waals surface area contributed by atoms with Crippen molar-refractivity contribution in [2.24, 2.45) is 10.7 Å². The molecule has 0 unspecified atom stereocenters. The van der Waals surface area contributed by atoms with Crippen LogP contribution in [0.3, 0.4) is 0 Å². The third kappa shape index (κ3) is 4.78. The molecule has 0 aliphatic carbocycles. The van der Waals surface area contributed by atoms with Gasteiger partial charge in [0.1, 0.15) is 5.84 Å². The van der Waals surface area contributed by atoms with Crippen molar-refractivity contribution in [1.82, 2.24) is 9.78 Å². The molecule has 0 aliphatic heterocycles. The number of aliphatic imine (C=N–C) groups is 1. The van der Waals surface area contributed by atoms with Crippen LogP contribution in [0.4, 0.5) is 0 Å². The molecule has 1 aromatic carbocycles. The smallest absolute Gasteiger partial charge is 0.282 e. The molecule has 0 bridgehead atoms. The lowest BCUT2D eigenvalue weighted by atomic mass is 10.2. The Morgan fingerprint density at radius 1 is 1.33 bits per heavy atom. The van der Waals surface area contributed by atoms with Gasteiger partial charge in [-0.05, 0) is 29.8 Å². The lowest BCUT2D eigenvalue weighted by Crippen LogP contribution is -2.12. The number of nitrogens with two attached hydrogens (primary N) is 1. The topological polar surface area (TPSA) is 107 Å². The number of rotatable bonds is 5. The summed E-state index contributed by atoms with van der Waals surface area (Å²) in [5.41, 5.74) is 6.81. The van der Waals surface area contributed by atoms with Crippen molar-refractivity contribution in [3.63, 3.8) is 0 Å². The van der Waals surface area contributed by atoms with E-state index >= 15 is 0 Å². The van der Waals surface area contributed by atoms with E-state index in [9.17, 15) is 9.90 Å². The summed E-state index contributed by atoms with van der Waals surface area (Å²) in [6, 6.07) is 8.40. The number of aliphatic hydroxyl groups excluding tert-OH is 1. The van der Waals surface area contributed by atoms with Gasteiger partial charge in [-0.3, -0.25) is 9.48 Å². The molecular weight excluding hydrogens is 391 g/mol. The van der Waals surface area contributed by atoms with Gasteiger partial charge >= 0.3 is 0 Å². The third-order valence-corrected chi connectivity index (χ3v) is 4.24. The van der Waals surface area contributed by atoms with Crippen molar-refractivity contribution >= 4 is 40.7 Å². The number of aliphatic hydroxyl groups is 1. The van der Waals surface area contributed by atoms with Gasteiger partial charge in [0.25, 0.3) is 5.91 Å². The standard InChI is InChI=1S/C18H14Cl2N4O3/c19-13-4-3-11(6-14(13)20)9-24-10-12(8-22-24)18(26)23-17(21)7-15(25)16-2-1-5-27-16/h1-8,10,25H,9H2,(H2,21,23,26). The maximum Gasteiger partial charge on any atom is 0.282 e. The molecule has 27 heavy (non-hydrogen) atoms. The number of carbonyl (C=O) groups excluding carboxylic acids is 1. The van der Waals surface area contributed by atoms with Gasteiger partial charge in [0.05, 0.1) is 34.6 Å². The minimum Gasteiger partial charge on any atom is -0.504 e. The molecule has 0 fully saturated rings. The Morgan fingerprint density at radius 3 is 2.85 bits per heavy atom. The molecule has 2 aromatic heterocycles. The minimum atomic E-state index is -0.587. The molecule has 0 atom stereocenters. The number of amides is 1. The van der Waals surface area contributed by atoms with Crippen LogP contribution in [0.1, 0.15) is 21.7 Å². The van der Waals surface area contributed by atoms with Gasteiger partial charge in [-0.15, -0.1) is 0 Å². The second kappa shape index (κ2) is 8.11. The summed E-state index contributed by atoms with van der Waals surface area (Å²) in [5, 5.41) is 14.9. The van der Waals surface area contributed by atoms with Gasteiger partial charge in [-0.1, -0.05) is 29.3 Å². The van der Waals surface area contributed by atoms with Crippen LogP contribution in [0.2, 0.25) is 10.0 Å². The first-order valence-corrected chi connectivity index (χ1v) is 8.47. The quantitative estimate of drug-likeness (QED) is 0.380. The molecule has 3 N–H and O–H groups in total. The highest BCUT2D eigenvalue weighted by atomic mass is 35.5. The molecule has 138 valence electrons. The fourth-order valence-electron chi connectivity index (χ4n) is 2.24. The SMILES string of the molecule is NC(C=C(O)c1ccco1)=NC(=O)c1cnn(Cc2ccc(Cl)c(Cl)c2)c1. The normalized spacial score (nSPS) is 12.4. The number of furan rings is 1. The second-order valence-corrected chi connectivity index (χ2v) is 6.34. The molecule has 3 aromatic rings. The van der Waals surface area contributed by atoms with E-state index < -0.39 is 5.91 Å². The van der Waals surface area contributed by atoms with Crippen LogP contribution in [0.15, 0.2) is 64.5 Å². The van der Waals surface area contributed by atoms with E-state index in [1.54, 1.807) is 28.9 Å². The molecule has 9 heteroatoms. The zero-order chi connectivity index (χ0) is 19.4. The molecule has 0 radical (unpaired) electrons. The van der Waals surface area contributed by atoms with Gasteiger partial charge in [-0.25, -0.2) is 0 Å². The third-order valence-electron chi connectivity index (χ3n) is 3.50. The summed E-state index contributed by atoms with van der Waals surface area (Å²) in [5.74, 6) is -0.762. The maximum absolute atomic E-state index is 12.2. The zero-order valence-corrected chi connectivity index (χ0v) is 15.4. The Kier molecular flexibility index (Phi) is 5.63. The molecule has 0 saturated heterocycles. The zero-order valence-electron chi connectivity index (χ0n) is 13.8.